The van der Waals surface area contributed by atoms with Gasteiger partial charge in [-0.2, -0.15) is 0 Å². The highest BCUT2D eigenvalue weighted by atomic mass is 16.1. The molecule has 0 aliphatic heterocycles. The van der Waals surface area contributed by atoms with E-state index < -0.39 is 0 Å². The molecule has 0 bridgehead atoms. The lowest BCUT2D eigenvalue weighted by Gasteiger charge is -1.83. The molecule has 0 aliphatic carbocycles. The van der Waals surface area contributed by atoms with Crippen molar-refractivity contribution in [2.75, 3.05) is 0 Å². The van der Waals surface area contributed by atoms with Crippen molar-refractivity contribution < 1.29 is 4.79 Å². The summed E-state index contributed by atoms with van der Waals surface area (Å²) in [4.78, 5) is 8.58. The third-order valence-corrected chi connectivity index (χ3v) is 0.834. The van der Waals surface area contributed by atoms with E-state index in [-0.39, 0.29) is 6.41 Å². The van der Waals surface area contributed by atoms with Crippen LogP contribution in [0.3, 0.4) is 0 Å². The first-order valence-corrected chi connectivity index (χ1v) is 4.16. The van der Waals surface area contributed by atoms with Gasteiger partial charge in [0.1, 0.15) is 0 Å². The van der Waals surface area contributed by atoms with Gasteiger partial charge in [0.15, 0.2) is 0 Å². The Kier molecular flexibility index (Phi) is 30.4. The second-order valence-corrected chi connectivity index (χ2v) is 1.75. The Morgan fingerprint density at radius 3 is 2.15 bits per heavy atom. The fraction of sp³-hybridized carbons (Fsp3) is 0.400. The summed E-state index contributed by atoms with van der Waals surface area (Å²) in [6.07, 6.45) is 6.22. The Morgan fingerprint density at radius 2 is 1.92 bits per heavy atom. The third kappa shape index (κ3) is 37.0. The summed E-state index contributed by atoms with van der Waals surface area (Å²) >= 11 is 0. The van der Waals surface area contributed by atoms with E-state index >= 15 is 0 Å². The van der Waals surface area contributed by atoms with Crippen molar-refractivity contribution in [3.8, 4) is 0 Å². The van der Waals surface area contributed by atoms with Crippen LogP contribution in [0.1, 0.15) is 27.2 Å². The van der Waals surface area contributed by atoms with Crippen molar-refractivity contribution in [3.63, 3.8) is 0 Å². The van der Waals surface area contributed by atoms with E-state index in [9.17, 15) is 0 Å². The fourth-order valence-electron chi connectivity index (χ4n) is 0.328. The van der Waals surface area contributed by atoms with Gasteiger partial charge in [0.2, 0.25) is 6.41 Å². The minimum atomic E-state index is 0.250. The van der Waals surface area contributed by atoms with Crippen LogP contribution in [0.15, 0.2) is 24.3 Å². The monoisotopic (exact) mass is 184 g/mol. The maximum atomic E-state index is 8.58. The van der Waals surface area contributed by atoms with Crippen LogP contribution in [0.2, 0.25) is 0 Å². The molecule has 0 saturated carbocycles. The molecule has 0 aromatic carbocycles. The van der Waals surface area contributed by atoms with Crippen molar-refractivity contribution in [1.29, 1.82) is 5.41 Å². The molecular weight excluding hydrogens is 164 g/mol. The van der Waals surface area contributed by atoms with Crippen LogP contribution in [-0.4, -0.2) is 12.6 Å². The fourth-order valence-corrected chi connectivity index (χ4v) is 0.328. The van der Waals surface area contributed by atoms with Gasteiger partial charge < -0.3 is 11.1 Å². The van der Waals surface area contributed by atoms with Crippen molar-refractivity contribution in [2.24, 2.45) is 5.73 Å². The van der Waals surface area contributed by atoms with Gasteiger partial charge in [-0.1, -0.05) is 26.0 Å². The van der Waals surface area contributed by atoms with Crippen LogP contribution in [0.5, 0.6) is 0 Å². The Morgan fingerprint density at radius 1 is 1.54 bits per heavy atom. The average molecular weight is 184 g/mol. The molecule has 0 radical (unpaired) electrons. The van der Waals surface area contributed by atoms with Crippen LogP contribution in [0.25, 0.3) is 0 Å². The second kappa shape index (κ2) is 22.4. The van der Waals surface area contributed by atoms with Crippen molar-refractivity contribution in [3.05, 3.63) is 24.3 Å². The lowest BCUT2D eigenvalue weighted by atomic mass is 10.2. The molecule has 3 nitrogen and oxygen atoms in total. The minimum absolute atomic E-state index is 0.250. The van der Waals surface area contributed by atoms with Gasteiger partial charge in [-0.15, -0.1) is 6.58 Å². The van der Waals surface area contributed by atoms with Crippen LogP contribution in [-0.2, 0) is 4.79 Å². The zero-order valence-electron chi connectivity index (χ0n) is 8.71. The van der Waals surface area contributed by atoms with E-state index in [4.69, 9.17) is 10.2 Å². The van der Waals surface area contributed by atoms with E-state index in [0.29, 0.717) is 0 Å². The Balaban J connectivity index is -0.000000169. The Labute approximate surface area is 80.8 Å². The molecule has 0 saturated heterocycles. The molecule has 3 N–H and O–H groups in total. The lowest BCUT2D eigenvalue weighted by molar-refractivity contribution is -0.106. The van der Waals surface area contributed by atoms with E-state index in [2.05, 4.69) is 12.3 Å². The number of carbonyl (C=O) groups excluding carboxylic acids is 1. The zero-order chi connectivity index (χ0) is 11.1. The lowest BCUT2D eigenvalue weighted by Crippen LogP contribution is -1.82. The summed E-state index contributed by atoms with van der Waals surface area (Å²) in [5.74, 6) is 0. The molecule has 0 unspecified atom stereocenters. The molecule has 1 amide bonds. The van der Waals surface area contributed by atoms with Crippen molar-refractivity contribution in [2.45, 2.75) is 27.2 Å². The molecular formula is C10H20N2O. The van der Waals surface area contributed by atoms with E-state index in [1.54, 1.807) is 0 Å². The second-order valence-electron chi connectivity index (χ2n) is 1.75. The predicted molar refractivity (Wildman–Crippen MR) is 59.0 cm³/mol. The molecule has 0 aromatic heterocycles. The maximum absolute atomic E-state index is 8.58. The minimum Gasteiger partial charge on any atom is -0.372 e. The van der Waals surface area contributed by atoms with Crippen molar-refractivity contribution >= 4 is 12.6 Å². The van der Waals surface area contributed by atoms with Gasteiger partial charge in [-0.05, 0) is 18.9 Å². The Bertz CT molecular complexity index is 151. The molecule has 0 aromatic rings. The van der Waals surface area contributed by atoms with E-state index in [1.807, 2.05) is 32.9 Å². The van der Waals surface area contributed by atoms with E-state index in [1.165, 1.54) is 6.21 Å². The Hall–Kier alpha value is -1.38. The van der Waals surface area contributed by atoms with Crippen molar-refractivity contribution in [1.82, 2.24) is 0 Å². The third-order valence-electron chi connectivity index (χ3n) is 0.834. The van der Waals surface area contributed by atoms with Gasteiger partial charge in [0.25, 0.3) is 0 Å². The average Bonchev–Trinajstić information content (AvgIpc) is 2.18. The molecule has 0 spiro atoms. The zero-order valence-corrected chi connectivity index (χ0v) is 8.71. The normalized spacial score (nSPS) is 8.08. The number of hydrogen-bond acceptors (Lipinski definition) is 2. The number of amides is 1. The molecule has 0 atom stereocenters. The van der Waals surface area contributed by atoms with E-state index in [0.717, 1.165) is 12.0 Å². The molecule has 0 aliphatic rings. The standard InChI is InChI=1S/C7H11N.C2H6.CH3NO/c1-3-4-5-7(2)6-8;1-2;2-1-3/h3,5-6,8H,1,4H2,2H3;1-2H3;1H,(H2,2,3). The first kappa shape index (κ1) is 17.6. The number of hydrogen-bond donors (Lipinski definition) is 2. The molecule has 0 fully saturated rings. The number of allylic oxidation sites excluding steroid dienone is 3. The highest BCUT2D eigenvalue weighted by Crippen LogP contribution is 1.89. The van der Waals surface area contributed by atoms with Gasteiger partial charge >= 0.3 is 0 Å². The summed E-state index contributed by atoms with van der Waals surface area (Å²) in [7, 11) is 0. The highest BCUT2D eigenvalue weighted by Gasteiger charge is 1.75. The maximum Gasteiger partial charge on any atom is 0.204 e. The van der Waals surface area contributed by atoms with Gasteiger partial charge in [-0.25, -0.2) is 0 Å². The summed E-state index contributed by atoms with van der Waals surface area (Å²) in [6.45, 7) is 9.45. The quantitative estimate of drug-likeness (QED) is 0.394. The largest absolute Gasteiger partial charge is 0.372 e. The predicted octanol–water partition coefficient (Wildman–Crippen LogP) is 2.29. The highest BCUT2D eigenvalue weighted by molar-refractivity contribution is 5.74. The van der Waals surface area contributed by atoms with Gasteiger partial charge in [-0.3, -0.25) is 4.79 Å². The van der Waals surface area contributed by atoms with Gasteiger partial charge in [0.05, 0.1) is 0 Å². The smallest absolute Gasteiger partial charge is 0.204 e. The first-order chi connectivity index (χ1) is 6.22. The molecule has 76 valence electrons. The van der Waals surface area contributed by atoms with Crippen LogP contribution in [0, 0.1) is 5.41 Å². The summed E-state index contributed by atoms with van der Waals surface area (Å²) in [5, 5.41) is 6.76. The molecule has 0 rings (SSSR count). The summed E-state index contributed by atoms with van der Waals surface area (Å²) < 4.78 is 0. The van der Waals surface area contributed by atoms with Crippen LogP contribution in [0.4, 0.5) is 0 Å². The van der Waals surface area contributed by atoms with Crippen LogP contribution < -0.4 is 5.73 Å². The SMILES string of the molecule is C=CCC=C(C)C=N.CC.NC=O. The number of nitrogens with one attached hydrogen (secondary N) is 1. The number of rotatable bonds is 3. The molecule has 0 heterocycles. The van der Waals surface area contributed by atoms with Gasteiger partial charge in [0, 0.05) is 6.21 Å². The number of carbonyl (C=O) groups is 1. The number of nitrogens with two attached hydrogens (primary N) is 1. The topological polar surface area (TPSA) is 66.9 Å². The number of primary amides is 1. The molecule has 13 heavy (non-hydrogen) atoms. The first-order valence-electron chi connectivity index (χ1n) is 4.16. The summed E-state index contributed by atoms with van der Waals surface area (Å²) in [6, 6.07) is 0. The molecule has 3 heteroatoms. The summed E-state index contributed by atoms with van der Waals surface area (Å²) in [5.41, 5.74) is 5.16. The van der Waals surface area contributed by atoms with Crippen LogP contribution >= 0.6 is 0 Å².